The highest BCUT2D eigenvalue weighted by Crippen LogP contribution is 2.28. The topological polar surface area (TPSA) is 80.9 Å². The lowest BCUT2D eigenvalue weighted by Crippen LogP contribution is -2.18. The van der Waals surface area contributed by atoms with Crippen molar-refractivity contribution in [2.75, 3.05) is 5.32 Å². The second kappa shape index (κ2) is 6.39. The lowest BCUT2D eigenvalue weighted by atomic mass is 10.1. The van der Waals surface area contributed by atoms with Crippen molar-refractivity contribution < 1.29 is 9.32 Å². The molecule has 0 unspecified atom stereocenters. The molecule has 0 spiro atoms. The molecule has 1 amide bonds. The maximum absolute atomic E-state index is 11.9. The van der Waals surface area contributed by atoms with E-state index >= 15 is 0 Å². The Labute approximate surface area is 133 Å². The first-order valence-corrected chi connectivity index (χ1v) is 7.29. The molecular weight excluding hydrogens is 292 g/mol. The number of para-hydroxylation sites is 1. The van der Waals surface area contributed by atoms with Crippen LogP contribution in [0, 0.1) is 5.92 Å². The molecule has 0 fully saturated rings. The normalized spacial score (nSPS) is 10.7. The molecule has 23 heavy (non-hydrogen) atoms. The first kappa shape index (κ1) is 14.9. The maximum atomic E-state index is 11.9. The molecule has 6 heteroatoms. The highest BCUT2D eigenvalue weighted by molar-refractivity contribution is 5.95. The molecule has 6 nitrogen and oxygen atoms in total. The number of pyridine rings is 1. The molecule has 0 bridgehead atoms. The lowest BCUT2D eigenvalue weighted by Gasteiger charge is -2.10. The minimum Gasteiger partial charge on any atom is -0.334 e. The van der Waals surface area contributed by atoms with Gasteiger partial charge >= 0.3 is 0 Å². The first-order valence-electron chi connectivity index (χ1n) is 7.29. The summed E-state index contributed by atoms with van der Waals surface area (Å²) in [6, 6.07) is 11.0. The van der Waals surface area contributed by atoms with Gasteiger partial charge in [-0.1, -0.05) is 31.1 Å². The second-order valence-corrected chi connectivity index (χ2v) is 5.35. The van der Waals surface area contributed by atoms with Crippen molar-refractivity contribution in [3.8, 4) is 22.8 Å². The summed E-state index contributed by atoms with van der Waals surface area (Å²) in [7, 11) is 0. The van der Waals surface area contributed by atoms with Gasteiger partial charge in [-0.2, -0.15) is 4.98 Å². The molecule has 0 saturated heterocycles. The first-order chi connectivity index (χ1) is 11.1. The zero-order valence-corrected chi connectivity index (χ0v) is 12.9. The van der Waals surface area contributed by atoms with Gasteiger partial charge in [0.2, 0.25) is 11.7 Å². The van der Waals surface area contributed by atoms with Crippen LogP contribution in [0.4, 0.5) is 5.69 Å². The quantitative estimate of drug-likeness (QED) is 0.799. The van der Waals surface area contributed by atoms with Crippen LogP contribution in [0.5, 0.6) is 0 Å². The van der Waals surface area contributed by atoms with Crippen LogP contribution in [-0.4, -0.2) is 21.0 Å². The summed E-state index contributed by atoms with van der Waals surface area (Å²) >= 11 is 0. The van der Waals surface area contributed by atoms with Gasteiger partial charge in [-0.3, -0.25) is 9.78 Å². The van der Waals surface area contributed by atoms with Gasteiger partial charge in [0, 0.05) is 23.9 Å². The van der Waals surface area contributed by atoms with E-state index in [0.717, 1.165) is 5.56 Å². The van der Waals surface area contributed by atoms with E-state index in [2.05, 4.69) is 20.4 Å². The van der Waals surface area contributed by atoms with E-state index in [0.29, 0.717) is 23.0 Å². The van der Waals surface area contributed by atoms with Crippen molar-refractivity contribution in [2.24, 2.45) is 5.92 Å². The van der Waals surface area contributed by atoms with Crippen LogP contribution < -0.4 is 5.32 Å². The van der Waals surface area contributed by atoms with Crippen LogP contribution >= 0.6 is 0 Å². The second-order valence-electron chi connectivity index (χ2n) is 5.35. The average molecular weight is 308 g/mol. The minimum atomic E-state index is -0.113. The van der Waals surface area contributed by atoms with E-state index in [-0.39, 0.29) is 11.8 Å². The number of nitrogens with zero attached hydrogens (tertiary/aromatic N) is 3. The molecule has 1 N–H and O–H groups in total. The van der Waals surface area contributed by atoms with Crippen LogP contribution in [0.3, 0.4) is 0 Å². The molecule has 1 aromatic carbocycles. The van der Waals surface area contributed by atoms with Gasteiger partial charge in [0.15, 0.2) is 0 Å². The Kier molecular flexibility index (Phi) is 4.14. The summed E-state index contributed by atoms with van der Waals surface area (Å²) < 4.78 is 5.36. The van der Waals surface area contributed by atoms with E-state index in [1.54, 1.807) is 24.5 Å². The van der Waals surface area contributed by atoms with Crippen molar-refractivity contribution >= 4 is 11.6 Å². The lowest BCUT2D eigenvalue weighted by molar-refractivity contribution is -0.118. The molecule has 3 rings (SSSR count). The van der Waals surface area contributed by atoms with Crippen molar-refractivity contribution in [3.63, 3.8) is 0 Å². The van der Waals surface area contributed by atoms with E-state index in [1.165, 1.54) is 0 Å². The highest BCUT2D eigenvalue weighted by atomic mass is 16.5. The largest absolute Gasteiger partial charge is 0.334 e. The Morgan fingerprint density at radius 3 is 2.61 bits per heavy atom. The third kappa shape index (κ3) is 3.26. The van der Waals surface area contributed by atoms with Gasteiger partial charge in [-0.05, 0) is 24.3 Å². The number of amides is 1. The van der Waals surface area contributed by atoms with Crippen molar-refractivity contribution in [3.05, 3.63) is 48.8 Å². The van der Waals surface area contributed by atoms with Crippen LogP contribution in [0.1, 0.15) is 13.8 Å². The molecule has 0 atom stereocenters. The van der Waals surface area contributed by atoms with Gasteiger partial charge in [0.1, 0.15) is 0 Å². The molecule has 0 radical (unpaired) electrons. The van der Waals surface area contributed by atoms with Gasteiger partial charge < -0.3 is 9.84 Å². The highest BCUT2D eigenvalue weighted by Gasteiger charge is 2.16. The van der Waals surface area contributed by atoms with Gasteiger partial charge in [0.05, 0.1) is 11.3 Å². The fourth-order valence-electron chi connectivity index (χ4n) is 2.01. The van der Waals surface area contributed by atoms with Crippen LogP contribution in [0.25, 0.3) is 22.8 Å². The third-order valence-electron chi connectivity index (χ3n) is 3.30. The molecule has 0 aliphatic heterocycles. The minimum absolute atomic E-state index is 0.0636. The zero-order valence-electron chi connectivity index (χ0n) is 12.9. The maximum Gasteiger partial charge on any atom is 0.260 e. The number of hydrogen-bond donors (Lipinski definition) is 1. The van der Waals surface area contributed by atoms with Crippen LogP contribution in [-0.2, 0) is 4.79 Å². The van der Waals surface area contributed by atoms with Gasteiger partial charge in [-0.25, -0.2) is 0 Å². The van der Waals surface area contributed by atoms with Gasteiger partial charge in [-0.15, -0.1) is 0 Å². The van der Waals surface area contributed by atoms with Crippen LogP contribution in [0.2, 0.25) is 0 Å². The van der Waals surface area contributed by atoms with Gasteiger partial charge in [0.25, 0.3) is 5.89 Å². The van der Waals surface area contributed by atoms with E-state index < -0.39 is 0 Å². The van der Waals surface area contributed by atoms with E-state index in [4.69, 9.17) is 4.52 Å². The van der Waals surface area contributed by atoms with Crippen molar-refractivity contribution in [1.29, 1.82) is 0 Å². The molecule has 0 aliphatic carbocycles. The molecule has 0 aliphatic rings. The summed E-state index contributed by atoms with van der Waals surface area (Å²) in [6.07, 6.45) is 3.34. The summed E-state index contributed by atoms with van der Waals surface area (Å²) in [5, 5.41) is 6.87. The Hall–Kier alpha value is -3.02. The van der Waals surface area contributed by atoms with Crippen molar-refractivity contribution in [1.82, 2.24) is 15.1 Å². The Morgan fingerprint density at radius 2 is 1.87 bits per heavy atom. The molecule has 2 aromatic heterocycles. The predicted molar refractivity (Wildman–Crippen MR) is 86.4 cm³/mol. The number of benzene rings is 1. The number of anilines is 1. The predicted octanol–water partition coefficient (Wildman–Crippen LogP) is 3.39. The number of carbonyl (C=O) groups is 1. The van der Waals surface area contributed by atoms with Crippen LogP contribution in [0.15, 0.2) is 53.3 Å². The number of carbonyl (C=O) groups excluding carboxylic acids is 1. The fraction of sp³-hybridized carbons (Fsp3) is 0.176. The SMILES string of the molecule is CC(C)C(=O)Nc1ccccc1-c1nc(-c2ccncc2)no1. The summed E-state index contributed by atoms with van der Waals surface area (Å²) in [5.41, 5.74) is 2.16. The smallest absolute Gasteiger partial charge is 0.260 e. The number of rotatable bonds is 4. The molecule has 2 heterocycles. The number of hydrogen-bond acceptors (Lipinski definition) is 5. The molecule has 3 aromatic rings. The van der Waals surface area contributed by atoms with Crippen molar-refractivity contribution in [2.45, 2.75) is 13.8 Å². The zero-order chi connectivity index (χ0) is 16.2. The standard InChI is InChI=1S/C17H16N4O2/c1-11(2)16(22)19-14-6-4-3-5-13(14)17-20-15(21-23-17)12-7-9-18-10-8-12/h3-11H,1-2H3,(H,19,22). The Bertz CT molecular complexity index is 812. The summed E-state index contributed by atoms with van der Waals surface area (Å²) in [5.74, 6) is 0.660. The third-order valence-corrected chi connectivity index (χ3v) is 3.30. The monoisotopic (exact) mass is 308 g/mol. The molecule has 0 saturated carbocycles. The fourth-order valence-corrected chi connectivity index (χ4v) is 2.01. The summed E-state index contributed by atoms with van der Waals surface area (Å²) in [6.45, 7) is 3.68. The summed E-state index contributed by atoms with van der Waals surface area (Å²) in [4.78, 5) is 20.3. The molecular formula is C17H16N4O2. The number of aromatic nitrogens is 3. The Morgan fingerprint density at radius 1 is 1.13 bits per heavy atom. The van der Waals surface area contributed by atoms with E-state index in [9.17, 15) is 4.79 Å². The van der Waals surface area contributed by atoms with E-state index in [1.807, 2.05) is 38.1 Å². The molecule has 116 valence electrons. The number of nitrogens with one attached hydrogen (secondary N) is 1. The Balaban J connectivity index is 1.94. The average Bonchev–Trinajstić information content (AvgIpc) is 3.06.